The molecule has 1 fully saturated rings. The van der Waals surface area contributed by atoms with Crippen LogP contribution in [0.25, 0.3) is 0 Å². The second-order valence-electron chi connectivity index (χ2n) is 7.93. The number of amides is 2. The lowest BCUT2D eigenvalue weighted by molar-refractivity contribution is -0.151. The van der Waals surface area contributed by atoms with E-state index in [4.69, 9.17) is 4.52 Å². The molecule has 0 spiro atoms. The van der Waals surface area contributed by atoms with Crippen LogP contribution in [-0.2, 0) is 23.5 Å². The number of aromatic amines is 1. The Hall–Kier alpha value is -2.75. The predicted octanol–water partition coefficient (Wildman–Crippen LogP) is 0.355. The summed E-state index contributed by atoms with van der Waals surface area (Å²) in [5, 5.41) is 34.7. The molecule has 37 heavy (non-hydrogen) atoms. The molecule has 2 aliphatic heterocycles. The Bertz CT molecular complexity index is 1250. The maximum atomic E-state index is 13.0. The number of rotatable bonds is 11. The third-order valence-electron chi connectivity index (χ3n) is 5.55. The zero-order valence-corrected chi connectivity index (χ0v) is 21.8. The van der Waals surface area contributed by atoms with E-state index < -0.39 is 54.3 Å². The summed E-state index contributed by atoms with van der Waals surface area (Å²) < 4.78 is 17.6. The number of tetrazole rings is 1. The van der Waals surface area contributed by atoms with Gasteiger partial charge >= 0.3 is 13.6 Å². The quantitative estimate of drug-likeness (QED) is 0.141. The molecule has 17 heteroatoms. The maximum Gasteiger partial charge on any atom is 0.352 e. The first kappa shape index (κ1) is 27.3. The molecule has 2 amide bonds. The van der Waals surface area contributed by atoms with E-state index in [1.54, 1.807) is 37.3 Å². The zero-order valence-electron chi connectivity index (χ0n) is 19.3. The second kappa shape index (κ2) is 11.3. The van der Waals surface area contributed by atoms with Crippen molar-refractivity contribution in [3.8, 4) is 0 Å². The minimum Gasteiger partial charge on any atom is -0.477 e. The summed E-state index contributed by atoms with van der Waals surface area (Å²) in [6.45, 7) is 1.52. The average Bonchev–Trinajstić information content (AvgIpc) is 3.38. The third-order valence-corrected chi connectivity index (χ3v) is 9.71. The van der Waals surface area contributed by atoms with E-state index in [1.165, 1.54) is 11.8 Å². The van der Waals surface area contributed by atoms with Crippen molar-refractivity contribution in [2.75, 3.05) is 18.5 Å². The fourth-order valence-corrected chi connectivity index (χ4v) is 8.23. The number of nitrogens with zero attached hydrogens (tertiary/aromatic N) is 4. The zero-order chi connectivity index (χ0) is 26.7. The Labute approximate surface area is 218 Å². The number of carboxylic acids is 1. The number of carboxylic acid groups (broad SMARTS) is 1. The van der Waals surface area contributed by atoms with Crippen LogP contribution >= 0.6 is 31.1 Å². The topological polar surface area (TPSA) is 208 Å². The lowest BCUT2D eigenvalue weighted by atomic mass is 10.0. The first-order valence-electron chi connectivity index (χ1n) is 10.9. The maximum absolute atomic E-state index is 13.0. The van der Waals surface area contributed by atoms with Crippen LogP contribution in [0.1, 0.15) is 18.6 Å². The van der Waals surface area contributed by atoms with Crippen LogP contribution in [0, 0.1) is 0 Å². The summed E-state index contributed by atoms with van der Waals surface area (Å²) in [6.07, 6.45) is -1.96. The van der Waals surface area contributed by atoms with Crippen LogP contribution in [0.2, 0.25) is 0 Å². The molecule has 1 saturated heterocycles. The number of H-pyrrole nitrogens is 1. The molecule has 4 rings (SSSR count). The number of hydrogen-bond acceptors (Lipinski definition) is 11. The Balaban J connectivity index is 1.58. The highest BCUT2D eigenvalue weighted by Crippen LogP contribution is 2.50. The van der Waals surface area contributed by atoms with E-state index in [1.807, 2.05) is 0 Å². The van der Waals surface area contributed by atoms with Gasteiger partial charge in [0.05, 0.1) is 12.8 Å². The van der Waals surface area contributed by atoms with E-state index in [-0.39, 0.29) is 28.8 Å². The predicted molar refractivity (Wildman–Crippen MR) is 131 cm³/mol. The molecular weight excluding hydrogens is 547 g/mol. The first-order chi connectivity index (χ1) is 17.6. The number of aliphatic carboxylic acids is 1. The van der Waals surface area contributed by atoms with Gasteiger partial charge in [0.1, 0.15) is 17.1 Å². The second-order valence-corrected chi connectivity index (χ2v) is 12.1. The third kappa shape index (κ3) is 5.89. The van der Waals surface area contributed by atoms with Gasteiger partial charge in [0.25, 0.3) is 11.8 Å². The number of carbonyl (C=O) groups is 3. The van der Waals surface area contributed by atoms with Gasteiger partial charge in [0.2, 0.25) is 5.16 Å². The Kier molecular flexibility index (Phi) is 8.36. The highest BCUT2D eigenvalue weighted by Gasteiger charge is 2.55. The number of fused-ring (bicyclic) bond motifs is 1. The number of benzene rings is 1. The van der Waals surface area contributed by atoms with Crippen LogP contribution in [0.15, 0.2) is 46.8 Å². The molecule has 0 aliphatic carbocycles. The number of aliphatic hydroxyl groups is 1. The van der Waals surface area contributed by atoms with Crippen molar-refractivity contribution in [1.82, 2.24) is 30.8 Å². The van der Waals surface area contributed by atoms with E-state index in [2.05, 4.69) is 25.9 Å². The monoisotopic (exact) mass is 570 g/mol. The van der Waals surface area contributed by atoms with E-state index >= 15 is 0 Å². The van der Waals surface area contributed by atoms with Gasteiger partial charge in [-0.15, -0.1) is 22.0 Å². The lowest BCUT2D eigenvalue weighted by Gasteiger charge is -2.50. The Morgan fingerprint density at radius 2 is 2.11 bits per heavy atom. The molecule has 3 heterocycles. The molecule has 2 aromatic rings. The smallest absolute Gasteiger partial charge is 0.352 e. The summed E-state index contributed by atoms with van der Waals surface area (Å²) in [6, 6.07) is 7.12. The summed E-state index contributed by atoms with van der Waals surface area (Å²) in [5.41, 5.74) is 0.206. The van der Waals surface area contributed by atoms with Crippen LogP contribution in [0.3, 0.4) is 0 Å². The summed E-state index contributed by atoms with van der Waals surface area (Å²) >= 11 is 2.10. The molecule has 0 saturated carbocycles. The number of nitrogens with one attached hydrogen (secondary N) is 2. The van der Waals surface area contributed by atoms with Crippen LogP contribution < -0.4 is 5.32 Å². The van der Waals surface area contributed by atoms with Crippen molar-refractivity contribution in [3.05, 3.63) is 47.2 Å². The average molecular weight is 571 g/mol. The standard InChI is InChI=1S/C20H23N6O8PS2/c1-2-34-35(32,33)8-12(37-20-22-24-25-23-20)11-9-36-18-13(17(29)26(18)14(11)19(30)31)21-16(28)15(27)10-6-4-3-5-7-10/h3-7,12-13,15,18,27H,2,8-9H2,1H3,(H,21,28)(H,30,31)(H,32,33)(H,22,23,24,25)/t12?,13-,15?,18+/m1/s1. The summed E-state index contributed by atoms with van der Waals surface area (Å²) in [4.78, 5) is 49.2. The Morgan fingerprint density at radius 3 is 2.73 bits per heavy atom. The number of hydrogen-bond donors (Lipinski definition) is 5. The fraction of sp³-hybridized carbons (Fsp3) is 0.400. The van der Waals surface area contributed by atoms with Crippen molar-refractivity contribution < 1.29 is 38.6 Å². The van der Waals surface area contributed by atoms with Gasteiger partial charge in [0, 0.05) is 11.0 Å². The number of carbonyl (C=O) groups excluding carboxylic acids is 2. The van der Waals surface area contributed by atoms with Crippen molar-refractivity contribution >= 4 is 48.9 Å². The van der Waals surface area contributed by atoms with Crippen molar-refractivity contribution in [3.63, 3.8) is 0 Å². The van der Waals surface area contributed by atoms with Gasteiger partial charge in [-0.1, -0.05) is 42.1 Å². The molecule has 14 nitrogen and oxygen atoms in total. The number of aromatic nitrogens is 4. The van der Waals surface area contributed by atoms with Gasteiger partial charge in [-0.2, -0.15) is 5.21 Å². The van der Waals surface area contributed by atoms with Crippen molar-refractivity contribution in [2.24, 2.45) is 0 Å². The molecule has 1 aromatic heterocycles. The molecule has 5 atom stereocenters. The largest absolute Gasteiger partial charge is 0.477 e. The highest BCUT2D eigenvalue weighted by molar-refractivity contribution is 8.01. The normalized spacial score (nSPS) is 22.5. The summed E-state index contributed by atoms with van der Waals surface area (Å²) in [7, 11) is -4.13. The molecule has 0 radical (unpaired) electrons. The Morgan fingerprint density at radius 1 is 1.38 bits per heavy atom. The highest BCUT2D eigenvalue weighted by atomic mass is 32.2. The van der Waals surface area contributed by atoms with Crippen LogP contribution in [0.5, 0.6) is 0 Å². The number of thioether (sulfide) groups is 2. The lowest BCUT2D eigenvalue weighted by Crippen LogP contribution is -2.71. The molecule has 2 aliphatic rings. The molecule has 1 aromatic carbocycles. The van der Waals surface area contributed by atoms with Gasteiger partial charge < -0.3 is 24.9 Å². The molecule has 3 unspecified atom stereocenters. The van der Waals surface area contributed by atoms with Gasteiger partial charge in [-0.05, 0) is 23.3 Å². The minimum atomic E-state index is -4.13. The van der Waals surface area contributed by atoms with E-state index in [9.17, 15) is 34.1 Å². The molecular formula is C20H23N6O8PS2. The number of β-lactam (4-membered cyclic amide) rings is 1. The summed E-state index contributed by atoms with van der Waals surface area (Å²) in [5.74, 6) is -2.81. The SMILES string of the molecule is CCOP(=O)(O)CC(Sc1nn[nH]n1)C1=C(C(=O)O)N2C(=O)[C@@H](NC(=O)C(O)c3ccccc3)[C@@H]2SC1. The van der Waals surface area contributed by atoms with Gasteiger partial charge in [-0.3, -0.25) is 19.1 Å². The van der Waals surface area contributed by atoms with Crippen LogP contribution in [-0.4, -0.2) is 93.6 Å². The van der Waals surface area contributed by atoms with Crippen LogP contribution in [0.4, 0.5) is 0 Å². The molecule has 0 bridgehead atoms. The number of aliphatic hydroxyl groups excluding tert-OH is 1. The van der Waals surface area contributed by atoms with Gasteiger partial charge in [0.15, 0.2) is 6.10 Å². The molecule has 5 N–H and O–H groups in total. The van der Waals surface area contributed by atoms with Crippen molar-refractivity contribution in [2.45, 2.75) is 34.8 Å². The molecule has 198 valence electrons. The van der Waals surface area contributed by atoms with Crippen molar-refractivity contribution in [1.29, 1.82) is 0 Å². The minimum absolute atomic E-state index is 0.0319. The van der Waals surface area contributed by atoms with E-state index in [0.717, 1.165) is 16.7 Å². The fourth-order valence-electron chi connectivity index (χ4n) is 3.92. The van der Waals surface area contributed by atoms with E-state index in [0.29, 0.717) is 5.56 Å². The first-order valence-corrected chi connectivity index (χ1v) is 14.6. The van der Waals surface area contributed by atoms with Gasteiger partial charge in [-0.25, -0.2) is 4.79 Å².